The average molecular weight is 113 g/mol. The summed E-state index contributed by atoms with van der Waals surface area (Å²) in [5.41, 5.74) is 0. The molecule has 1 nitrogen and oxygen atoms in total. The van der Waals surface area contributed by atoms with Crippen LogP contribution in [0.25, 0.3) is 0 Å². The Labute approximate surface area is 53.0 Å². The van der Waals surface area contributed by atoms with Gasteiger partial charge in [-0.3, -0.25) is 0 Å². The molecule has 0 aromatic rings. The number of rotatable bonds is 2. The second kappa shape index (κ2) is 6.52. The van der Waals surface area contributed by atoms with Crippen LogP contribution in [0.15, 0.2) is 0 Å². The highest BCUT2D eigenvalue weighted by molar-refractivity contribution is 4.99. The average Bonchev–Trinajstić information content (AvgIpc) is 1.81. The molecule has 0 fully saturated rings. The van der Waals surface area contributed by atoms with Crippen LogP contribution >= 0.6 is 0 Å². The topological polar surface area (TPSA) is 12.0 Å². The van der Waals surface area contributed by atoms with Gasteiger partial charge in [0.15, 0.2) is 0 Å². The minimum atomic E-state index is 0. The lowest BCUT2D eigenvalue weighted by atomic mass is 10.4. The Hall–Kier alpha value is -0.480. The molecule has 0 rings (SSSR count). The van der Waals surface area contributed by atoms with Crippen molar-refractivity contribution in [2.45, 2.75) is 20.3 Å². The van der Waals surface area contributed by atoms with Crippen molar-refractivity contribution in [3.8, 4) is 11.8 Å². The molecule has 0 aliphatic carbocycles. The highest BCUT2D eigenvalue weighted by atomic mass is 14.8. The molecule has 0 aliphatic rings. The van der Waals surface area contributed by atoms with Crippen molar-refractivity contribution in [1.29, 1.82) is 0 Å². The smallest absolute Gasteiger partial charge is 0.0576 e. The Bertz CT molecular complexity index is 90.8. The van der Waals surface area contributed by atoms with Gasteiger partial charge in [-0.1, -0.05) is 19.8 Å². The summed E-state index contributed by atoms with van der Waals surface area (Å²) in [7, 11) is 0. The Morgan fingerprint density at radius 2 is 2.12 bits per heavy atom. The number of nitrogens with one attached hydrogen (secondary N) is 1. The van der Waals surface area contributed by atoms with Gasteiger partial charge in [-0.25, -0.2) is 0 Å². The minimum Gasteiger partial charge on any atom is -0.307 e. The van der Waals surface area contributed by atoms with Gasteiger partial charge in [0.2, 0.25) is 0 Å². The van der Waals surface area contributed by atoms with Crippen LogP contribution in [0.1, 0.15) is 21.7 Å². The molecule has 0 saturated heterocycles. The predicted molar refractivity (Wildman–Crippen MR) is 38.7 cm³/mol. The van der Waals surface area contributed by atoms with E-state index in [-0.39, 0.29) is 1.43 Å². The van der Waals surface area contributed by atoms with E-state index < -0.39 is 0 Å². The highest BCUT2D eigenvalue weighted by Gasteiger charge is 1.69. The first-order valence-corrected chi connectivity index (χ1v) is 3.08. The first-order valence-electron chi connectivity index (χ1n) is 3.08. The zero-order valence-corrected chi connectivity index (χ0v) is 5.62. The summed E-state index contributed by atoms with van der Waals surface area (Å²) in [5.74, 6) is 5.95. The largest absolute Gasteiger partial charge is 0.307 e. The molecule has 0 aromatic carbocycles. The first kappa shape index (κ1) is 7.52. The summed E-state index contributed by atoms with van der Waals surface area (Å²) in [5, 5.41) is 3.11. The molecule has 8 heavy (non-hydrogen) atoms. The van der Waals surface area contributed by atoms with Gasteiger partial charge in [0, 0.05) is 7.85 Å². The van der Waals surface area contributed by atoms with Gasteiger partial charge >= 0.3 is 0 Å². The quantitative estimate of drug-likeness (QED) is 0.420. The maximum absolute atomic E-state index is 3.11. The Kier molecular flexibility index (Phi) is 6.13. The van der Waals surface area contributed by atoms with Gasteiger partial charge < -0.3 is 5.32 Å². The fourth-order valence-corrected chi connectivity index (χ4v) is 0.375. The lowest BCUT2D eigenvalue weighted by molar-refractivity contribution is 0.810. The molecule has 0 heterocycles. The van der Waals surface area contributed by atoms with Gasteiger partial charge in [-0.05, 0) is 6.54 Å². The Balaban J connectivity index is 0. The van der Waals surface area contributed by atoms with E-state index in [1.807, 2.05) is 0 Å². The molecular weight excluding hydrogens is 98.1 g/mol. The fraction of sp³-hybridized carbons (Fsp3) is 0.714. The van der Waals surface area contributed by atoms with Crippen molar-refractivity contribution < 1.29 is 1.43 Å². The zero-order chi connectivity index (χ0) is 6.24. The van der Waals surface area contributed by atoms with Gasteiger partial charge in [0.1, 0.15) is 0 Å². The fourth-order valence-electron chi connectivity index (χ4n) is 0.375. The van der Waals surface area contributed by atoms with E-state index in [0.29, 0.717) is 0 Å². The van der Waals surface area contributed by atoms with Crippen LogP contribution in [0, 0.1) is 11.8 Å². The van der Waals surface area contributed by atoms with E-state index in [9.17, 15) is 0 Å². The summed E-state index contributed by atoms with van der Waals surface area (Å²) in [6, 6.07) is 0. The molecular formula is C7H15N. The Morgan fingerprint density at radius 1 is 1.38 bits per heavy atom. The lowest BCUT2D eigenvalue weighted by Crippen LogP contribution is -2.11. The van der Waals surface area contributed by atoms with Crippen molar-refractivity contribution in [1.82, 2.24) is 5.32 Å². The van der Waals surface area contributed by atoms with Crippen LogP contribution in [-0.2, 0) is 0 Å². The van der Waals surface area contributed by atoms with Gasteiger partial charge in [0.25, 0.3) is 0 Å². The summed E-state index contributed by atoms with van der Waals surface area (Å²) in [6.07, 6.45) is 0.964. The highest BCUT2D eigenvalue weighted by Crippen LogP contribution is 1.64. The molecule has 0 amide bonds. The maximum atomic E-state index is 3.11. The molecule has 0 atom stereocenters. The molecule has 0 radical (unpaired) electrons. The second-order valence-electron chi connectivity index (χ2n) is 1.49. The van der Waals surface area contributed by atoms with Crippen LogP contribution in [0.2, 0.25) is 0 Å². The van der Waals surface area contributed by atoms with E-state index >= 15 is 0 Å². The molecule has 1 heteroatoms. The van der Waals surface area contributed by atoms with E-state index in [2.05, 4.69) is 31.0 Å². The molecule has 0 unspecified atom stereocenters. The third-order valence-corrected chi connectivity index (χ3v) is 0.765. The van der Waals surface area contributed by atoms with E-state index in [1.165, 1.54) is 0 Å². The Morgan fingerprint density at radius 3 is 2.62 bits per heavy atom. The summed E-state index contributed by atoms with van der Waals surface area (Å²) >= 11 is 0. The summed E-state index contributed by atoms with van der Waals surface area (Å²) in [4.78, 5) is 0. The predicted octanol–water partition coefficient (Wildman–Crippen LogP) is 1.26. The third kappa shape index (κ3) is 5.52. The van der Waals surface area contributed by atoms with Crippen LogP contribution in [0.3, 0.4) is 0 Å². The van der Waals surface area contributed by atoms with Gasteiger partial charge in [-0.2, -0.15) is 0 Å². The minimum absolute atomic E-state index is 0. The maximum Gasteiger partial charge on any atom is 0.0576 e. The van der Waals surface area contributed by atoms with Crippen molar-refractivity contribution in [2.24, 2.45) is 0 Å². The molecule has 0 spiro atoms. The molecule has 1 N–H and O–H groups in total. The van der Waals surface area contributed by atoms with E-state index in [4.69, 9.17) is 0 Å². The number of hydrogen-bond acceptors (Lipinski definition) is 1. The lowest BCUT2D eigenvalue weighted by Gasteiger charge is -1.87. The molecule has 0 aliphatic heterocycles. The SMILES string of the molecule is CCC#CCNCC.[HH]. The zero-order valence-electron chi connectivity index (χ0n) is 5.62. The van der Waals surface area contributed by atoms with Crippen LogP contribution in [-0.4, -0.2) is 13.1 Å². The van der Waals surface area contributed by atoms with Crippen LogP contribution < -0.4 is 5.32 Å². The molecule has 0 bridgehead atoms. The standard InChI is InChI=1S/C7H13N.H2/c1-3-5-6-7-8-4-2;/h8H,3-4,7H2,1-2H3;1H. The van der Waals surface area contributed by atoms with Gasteiger partial charge in [-0.15, -0.1) is 5.92 Å². The van der Waals surface area contributed by atoms with Crippen molar-refractivity contribution >= 4 is 0 Å². The monoisotopic (exact) mass is 113 g/mol. The van der Waals surface area contributed by atoms with Crippen LogP contribution in [0.4, 0.5) is 0 Å². The first-order chi connectivity index (χ1) is 3.91. The second-order valence-corrected chi connectivity index (χ2v) is 1.49. The summed E-state index contributed by atoms with van der Waals surface area (Å²) in [6.45, 7) is 5.98. The van der Waals surface area contributed by atoms with E-state index in [0.717, 1.165) is 19.5 Å². The van der Waals surface area contributed by atoms with Crippen molar-refractivity contribution in [2.75, 3.05) is 13.1 Å². The van der Waals surface area contributed by atoms with Gasteiger partial charge in [0.05, 0.1) is 6.54 Å². The normalized spacial score (nSPS) is 7.75. The van der Waals surface area contributed by atoms with E-state index in [1.54, 1.807) is 0 Å². The molecule has 0 saturated carbocycles. The van der Waals surface area contributed by atoms with Crippen LogP contribution in [0.5, 0.6) is 0 Å². The van der Waals surface area contributed by atoms with Crippen molar-refractivity contribution in [3.05, 3.63) is 0 Å². The number of hydrogen-bond donors (Lipinski definition) is 1. The molecule has 0 aromatic heterocycles. The summed E-state index contributed by atoms with van der Waals surface area (Å²) < 4.78 is 0. The van der Waals surface area contributed by atoms with Crippen molar-refractivity contribution in [3.63, 3.8) is 0 Å². The molecule has 48 valence electrons. The third-order valence-electron chi connectivity index (χ3n) is 0.765.